The summed E-state index contributed by atoms with van der Waals surface area (Å²) in [7, 11) is 0. The molecule has 0 aliphatic heterocycles. The van der Waals surface area contributed by atoms with Crippen LogP contribution in [0, 0.1) is 0 Å². The van der Waals surface area contributed by atoms with Gasteiger partial charge in [0.2, 0.25) is 0 Å². The van der Waals surface area contributed by atoms with Crippen molar-refractivity contribution in [1.29, 1.82) is 0 Å². The van der Waals surface area contributed by atoms with Crippen LogP contribution in [-0.4, -0.2) is 81.8 Å². The molecule has 0 heterocycles. The highest BCUT2D eigenvalue weighted by molar-refractivity contribution is 5.72. The number of hydrogen-bond acceptors (Lipinski definition) is 5. The van der Waals surface area contributed by atoms with Gasteiger partial charge in [0.15, 0.2) is 0 Å². The van der Waals surface area contributed by atoms with E-state index >= 15 is 0 Å². The summed E-state index contributed by atoms with van der Waals surface area (Å²) in [4.78, 5) is 35.7. The highest BCUT2D eigenvalue weighted by Crippen LogP contribution is 2.22. The maximum absolute atomic E-state index is 11.0. The largest absolute Gasteiger partial charge is 0.480 e. The number of nitrogens with zero attached hydrogens (tertiary/aromatic N) is 2. The molecule has 0 amide bonds. The van der Waals surface area contributed by atoms with Crippen LogP contribution in [0.1, 0.15) is 32.1 Å². The molecule has 1 aliphatic carbocycles. The van der Waals surface area contributed by atoms with E-state index in [1.807, 2.05) is 4.90 Å². The van der Waals surface area contributed by atoms with Crippen LogP contribution in [0.3, 0.4) is 0 Å². The lowest BCUT2D eigenvalue weighted by Gasteiger charge is -2.34. The first-order chi connectivity index (χ1) is 10.4. The van der Waals surface area contributed by atoms with Crippen molar-refractivity contribution in [2.75, 3.05) is 32.7 Å². The molecule has 3 N–H and O–H groups in total. The highest BCUT2D eigenvalue weighted by Gasteiger charge is 2.24. The summed E-state index contributed by atoms with van der Waals surface area (Å²) in [6, 6.07) is 0.182. The summed E-state index contributed by atoms with van der Waals surface area (Å²) in [5, 5.41) is 26.7. The minimum absolute atomic E-state index is 0.0986. The Bertz CT molecular complexity index is 379. The fourth-order valence-corrected chi connectivity index (χ4v) is 2.88. The van der Waals surface area contributed by atoms with Gasteiger partial charge in [0.25, 0.3) is 0 Å². The predicted molar refractivity (Wildman–Crippen MR) is 77.8 cm³/mol. The van der Waals surface area contributed by atoms with Gasteiger partial charge in [-0.25, -0.2) is 0 Å². The fourth-order valence-electron chi connectivity index (χ4n) is 2.88. The van der Waals surface area contributed by atoms with Gasteiger partial charge in [0.1, 0.15) is 0 Å². The van der Waals surface area contributed by atoms with Gasteiger partial charge in [0.05, 0.1) is 19.6 Å². The van der Waals surface area contributed by atoms with Gasteiger partial charge in [-0.3, -0.25) is 24.2 Å². The first-order valence-electron chi connectivity index (χ1n) is 7.50. The lowest BCUT2D eigenvalue weighted by Crippen LogP contribution is -2.46. The zero-order valence-corrected chi connectivity index (χ0v) is 12.6. The van der Waals surface area contributed by atoms with Crippen molar-refractivity contribution in [3.8, 4) is 0 Å². The lowest BCUT2D eigenvalue weighted by molar-refractivity contribution is -0.143. The second-order valence-electron chi connectivity index (χ2n) is 5.65. The van der Waals surface area contributed by atoms with Gasteiger partial charge in [-0.1, -0.05) is 19.3 Å². The third kappa shape index (κ3) is 7.37. The summed E-state index contributed by atoms with van der Waals surface area (Å²) in [5.41, 5.74) is 0. The highest BCUT2D eigenvalue weighted by atomic mass is 16.4. The molecule has 8 nitrogen and oxygen atoms in total. The predicted octanol–water partition coefficient (Wildman–Crippen LogP) is 0.177. The van der Waals surface area contributed by atoms with Gasteiger partial charge in [-0.15, -0.1) is 0 Å². The first kappa shape index (κ1) is 18.4. The van der Waals surface area contributed by atoms with Crippen molar-refractivity contribution in [2.45, 2.75) is 38.1 Å². The maximum atomic E-state index is 11.0. The molecule has 0 unspecified atom stereocenters. The van der Waals surface area contributed by atoms with Crippen LogP contribution in [0.25, 0.3) is 0 Å². The van der Waals surface area contributed by atoms with Crippen molar-refractivity contribution >= 4 is 17.9 Å². The third-order valence-corrected chi connectivity index (χ3v) is 3.85. The summed E-state index contributed by atoms with van der Waals surface area (Å²) < 4.78 is 0. The summed E-state index contributed by atoms with van der Waals surface area (Å²) in [6.07, 6.45) is 5.15. The third-order valence-electron chi connectivity index (χ3n) is 3.85. The molecule has 0 aromatic rings. The Morgan fingerprint density at radius 3 is 1.73 bits per heavy atom. The first-order valence-corrected chi connectivity index (χ1v) is 7.50. The molecule has 0 radical (unpaired) electrons. The van der Waals surface area contributed by atoms with E-state index in [-0.39, 0.29) is 32.2 Å². The number of carboxylic acids is 3. The molecule has 0 atom stereocenters. The quantitative estimate of drug-likeness (QED) is 0.522. The minimum Gasteiger partial charge on any atom is -0.480 e. The molecule has 1 rings (SSSR count). The zero-order valence-electron chi connectivity index (χ0n) is 12.6. The van der Waals surface area contributed by atoms with E-state index in [2.05, 4.69) is 0 Å². The molecule has 0 aromatic heterocycles. The Morgan fingerprint density at radius 1 is 0.773 bits per heavy atom. The van der Waals surface area contributed by atoms with Crippen LogP contribution in [-0.2, 0) is 14.4 Å². The molecule has 0 spiro atoms. The summed E-state index contributed by atoms with van der Waals surface area (Å²) >= 11 is 0. The zero-order chi connectivity index (χ0) is 16.5. The molecular formula is C14H24N2O6. The Kier molecular flexibility index (Phi) is 7.83. The van der Waals surface area contributed by atoms with Crippen LogP contribution in [0.15, 0.2) is 0 Å². The summed E-state index contributed by atoms with van der Waals surface area (Å²) in [6.45, 7) is -0.242. The average Bonchev–Trinajstić information content (AvgIpc) is 2.42. The molecule has 0 saturated heterocycles. The van der Waals surface area contributed by atoms with Crippen LogP contribution in [0.4, 0.5) is 0 Å². The Labute approximate surface area is 129 Å². The van der Waals surface area contributed by atoms with Gasteiger partial charge in [-0.2, -0.15) is 0 Å². The van der Waals surface area contributed by atoms with E-state index in [0.717, 1.165) is 32.1 Å². The van der Waals surface area contributed by atoms with Crippen molar-refractivity contribution in [1.82, 2.24) is 9.80 Å². The smallest absolute Gasteiger partial charge is 0.317 e. The Morgan fingerprint density at radius 2 is 1.27 bits per heavy atom. The molecule has 1 aliphatic rings. The topological polar surface area (TPSA) is 118 Å². The van der Waals surface area contributed by atoms with Gasteiger partial charge in [-0.05, 0) is 12.8 Å². The second kappa shape index (κ2) is 9.37. The number of carbonyl (C=O) groups is 3. The molecule has 22 heavy (non-hydrogen) atoms. The van der Waals surface area contributed by atoms with E-state index in [0.29, 0.717) is 6.54 Å². The Balaban J connectivity index is 2.59. The molecule has 1 fully saturated rings. The van der Waals surface area contributed by atoms with E-state index in [4.69, 9.17) is 15.3 Å². The monoisotopic (exact) mass is 316 g/mol. The van der Waals surface area contributed by atoms with Gasteiger partial charge in [0, 0.05) is 19.1 Å². The standard InChI is InChI=1S/C14H24N2O6/c17-12(18)8-15(9-13(19)20)6-7-16(10-14(21)22)11-4-2-1-3-5-11/h11H,1-10H2,(H,17,18)(H,19,20)(H,21,22). The van der Waals surface area contributed by atoms with Crippen molar-refractivity contribution in [2.24, 2.45) is 0 Å². The fraction of sp³-hybridized carbons (Fsp3) is 0.786. The van der Waals surface area contributed by atoms with Gasteiger partial charge >= 0.3 is 17.9 Å². The van der Waals surface area contributed by atoms with Crippen LogP contribution < -0.4 is 0 Å². The van der Waals surface area contributed by atoms with E-state index in [1.165, 1.54) is 4.90 Å². The minimum atomic E-state index is -1.09. The van der Waals surface area contributed by atoms with Crippen molar-refractivity contribution in [3.05, 3.63) is 0 Å². The van der Waals surface area contributed by atoms with E-state index in [1.54, 1.807) is 0 Å². The maximum Gasteiger partial charge on any atom is 0.317 e. The second-order valence-corrected chi connectivity index (χ2v) is 5.65. The van der Waals surface area contributed by atoms with Crippen LogP contribution >= 0.6 is 0 Å². The van der Waals surface area contributed by atoms with E-state index < -0.39 is 17.9 Å². The van der Waals surface area contributed by atoms with Crippen LogP contribution in [0.2, 0.25) is 0 Å². The normalized spacial score (nSPS) is 16.1. The molecule has 0 bridgehead atoms. The number of hydrogen-bond donors (Lipinski definition) is 3. The molecule has 0 aromatic carbocycles. The van der Waals surface area contributed by atoms with E-state index in [9.17, 15) is 14.4 Å². The van der Waals surface area contributed by atoms with Crippen molar-refractivity contribution in [3.63, 3.8) is 0 Å². The molecule has 126 valence electrons. The Hall–Kier alpha value is -1.67. The summed E-state index contributed by atoms with van der Waals surface area (Å²) in [5.74, 6) is -3.11. The molecular weight excluding hydrogens is 292 g/mol. The molecule has 8 heteroatoms. The number of rotatable bonds is 10. The van der Waals surface area contributed by atoms with Crippen molar-refractivity contribution < 1.29 is 29.7 Å². The number of carboxylic acid groups (broad SMARTS) is 3. The van der Waals surface area contributed by atoms with Crippen LogP contribution in [0.5, 0.6) is 0 Å². The SMILES string of the molecule is O=C(O)CN(CCN(CC(=O)O)C1CCCCC1)CC(=O)O. The molecule has 1 saturated carbocycles. The lowest BCUT2D eigenvalue weighted by atomic mass is 9.94. The average molecular weight is 316 g/mol. The van der Waals surface area contributed by atoms with Gasteiger partial charge < -0.3 is 15.3 Å². The number of aliphatic carboxylic acids is 3.